The third kappa shape index (κ3) is 4.09. The largest absolute Gasteiger partial charge is 0.396 e. The van der Waals surface area contributed by atoms with Crippen LogP contribution in [0.4, 0.5) is 0 Å². The van der Waals surface area contributed by atoms with Crippen LogP contribution in [0.15, 0.2) is 30.3 Å². The van der Waals surface area contributed by atoms with Crippen molar-refractivity contribution in [1.82, 2.24) is 0 Å². The van der Waals surface area contributed by atoms with Crippen molar-refractivity contribution < 1.29 is 9.90 Å². The van der Waals surface area contributed by atoms with E-state index in [2.05, 4.69) is 0 Å². The predicted octanol–water partition coefficient (Wildman–Crippen LogP) is 2.67. The lowest BCUT2D eigenvalue weighted by molar-refractivity contribution is 0.101. The normalized spacial score (nSPS) is 10.8. The summed E-state index contributed by atoms with van der Waals surface area (Å²) in [5, 5.41) is 8.59. The lowest BCUT2D eigenvalue weighted by Gasteiger charge is -1.96. The van der Waals surface area contributed by atoms with E-state index in [4.69, 9.17) is 5.11 Å². The number of benzene rings is 1. The number of unbranched alkanes of at least 4 members (excludes halogenated alkanes) is 1. The molecule has 0 spiro atoms. The fraction of sp³-hybridized carbons (Fsp3) is 0.308. The summed E-state index contributed by atoms with van der Waals surface area (Å²) < 4.78 is 0. The Bertz CT molecular complexity index is 336. The minimum atomic E-state index is 0.0887. The molecule has 2 heteroatoms. The average molecular weight is 204 g/mol. The van der Waals surface area contributed by atoms with Crippen LogP contribution in [0.1, 0.15) is 35.7 Å². The molecular weight excluding hydrogens is 188 g/mol. The Morgan fingerprint density at radius 2 is 2.00 bits per heavy atom. The van der Waals surface area contributed by atoms with Gasteiger partial charge in [-0.2, -0.15) is 0 Å². The van der Waals surface area contributed by atoms with Crippen LogP contribution in [0.5, 0.6) is 0 Å². The van der Waals surface area contributed by atoms with Gasteiger partial charge in [0.1, 0.15) is 0 Å². The first-order valence-electron chi connectivity index (χ1n) is 5.12. The first kappa shape index (κ1) is 11.7. The monoisotopic (exact) mass is 204 g/mol. The lowest BCUT2D eigenvalue weighted by atomic mass is 10.1. The molecule has 0 saturated carbocycles. The highest BCUT2D eigenvalue weighted by Gasteiger charge is 1.96. The number of rotatable bonds is 5. The van der Waals surface area contributed by atoms with Crippen molar-refractivity contribution in [3.63, 3.8) is 0 Å². The van der Waals surface area contributed by atoms with Crippen LogP contribution in [0.3, 0.4) is 0 Å². The van der Waals surface area contributed by atoms with Gasteiger partial charge in [0.2, 0.25) is 0 Å². The number of Topliss-reactive ketones (excluding diaryl/α,β-unsaturated/α-hetero) is 1. The Morgan fingerprint density at radius 1 is 1.33 bits per heavy atom. The zero-order valence-corrected chi connectivity index (χ0v) is 8.94. The first-order chi connectivity index (χ1) is 7.24. The van der Waals surface area contributed by atoms with Gasteiger partial charge in [0.25, 0.3) is 0 Å². The van der Waals surface area contributed by atoms with Crippen molar-refractivity contribution in [3.8, 4) is 0 Å². The summed E-state index contributed by atoms with van der Waals surface area (Å²) >= 11 is 0. The Morgan fingerprint density at radius 3 is 2.53 bits per heavy atom. The van der Waals surface area contributed by atoms with Gasteiger partial charge in [-0.05, 0) is 25.3 Å². The molecule has 1 aromatic rings. The Balaban J connectivity index is 2.56. The molecule has 0 radical (unpaired) electrons. The van der Waals surface area contributed by atoms with Crippen LogP contribution in [-0.4, -0.2) is 17.5 Å². The number of carbonyl (C=O) groups excluding carboxylic acids is 1. The van der Waals surface area contributed by atoms with E-state index in [-0.39, 0.29) is 12.4 Å². The first-order valence-corrected chi connectivity index (χ1v) is 5.12. The van der Waals surface area contributed by atoms with E-state index in [0.717, 1.165) is 24.0 Å². The van der Waals surface area contributed by atoms with Gasteiger partial charge in [-0.25, -0.2) is 0 Å². The number of aliphatic hydroxyl groups is 1. The maximum Gasteiger partial charge on any atom is 0.159 e. The molecule has 0 aromatic heterocycles. The third-order valence-corrected chi connectivity index (χ3v) is 2.16. The van der Waals surface area contributed by atoms with Gasteiger partial charge in [-0.1, -0.05) is 36.4 Å². The molecule has 80 valence electrons. The second-order valence-corrected chi connectivity index (χ2v) is 3.45. The van der Waals surface area contributed by atoms with Crippen LogP contribution in [0.2, 0.25) is 0 Å². The summed E-state index contributed by atoms with van der Waals surface area (Å²) in [5.74, 6) is 0.0887. The molecular formula is C13H16O2. The second kappa shape index (κ2) is 6.14. The van der Waals surface area contributed by atoms with Crippen molar-refractivity contribution in [2.45, 2.75) is 19.8 Å². The molecule has 2 nitrogen and oxygen atoms in total. The second-order valence-electron chi connectivity index (χ2n) is 3.45. The summed E-state index contributed by atoms with van der Waals surface area (Å²) in [6.45, 7) is 1.79. The summed E-state index contributed by atoms with van der Waals surface area (Å²) in [6.07, 6.45) is 5.70. The zero-order chi connectivity index (χ0) is 11.1. The maximum absolute atomic E-state index is 11.0. The summed E-state index contributed by atoms with van der Waals surface area (Å²) in [7, 11) is 0. The Kier molecular flexibility index (Phi) is 4.78. The molecule has 0 fully saturated rings. The van der Waals surface area contributed by atoms with Crippen LogP contribution >= 0.6 is 0 Å². The molecule has 0 unspecified atom stereocenters. The van der Waals surface area contributed by atoms with E-state index < -0.39 is 0 Å². The van der Waals surface area contributed by atoms with Crippen LogP contribution in [-0.2, 0) is 0 Å². The van der Waals surface area contributed by atoms with Gasteiger partial charge < -0.3 is 5.11 Å². The third-order valence-electron chi connectivity index (χ3n) is 2.16. The molecule has 0 aliphatic carbocycles. The number of allylic oxidation sites excluding steroid dienone is 1. The van der Waals surface area contributed by atoms with Gasteiger partial charge in [-0.3, -0.25) is 4.79 Å². The average Bonchev–Trinajstić information content (AvgIpc) is 2.25. The highest BCUT2D eigenvalue weighted by atomic mass is 16.2. The summed E-state index contributed by atoms with van der Waals surface area (Å²) in [4.78, 5) is 11.0. The van der Waals surface area contributed by atoms with E-state index >= 15 is 0 Å². The Hall–Kier alpha value is -1.41. The van der Waals surface area contributed by atoms with E-state index in [9.17, 15) is 4.79 Å². The SMILES string of the molecule is CC(=O)c1ccc(/C=C\CCCO)cc1. The number of hydrogen-bond acceptors (Lipinski definition) is 2. The van der Waals surface area contributed by atoms with Crippen molar-refractivity contribution in [3.05, 3.63) is 41.5 Å². The summed E-state index contributed by atoms with van der Waals surface area (Å²) in [5.41, 5.74) is 1.82. The number of carbonyl (C=O) groups is 1. The Labute approximate surface area is 90.3 Å². The smallest absolute Gasteiger partial charge is 0.159 e. The van der Waals surface area contributed by atoms with Crippen molar-refractivity contribution >= 4 is 11.9 Å². The number of ketones is 1. The van der Waals surface area contributed by atoms with Gasteiger partial charge in [-0.15, -0.1) is 0 Å². The van der Waals surface area contributed by atoms with Gasteiger partial charge in [0.15, 0.2) is 5.78 Å². The van der Waals surface area contributed by atoms with E-state index in [1.165, 1.54) is 0 Å². The standard InChI is InChI=1S/C13H16O2/c1-11(15)13-8-6-12(7-9-13)5-3-2-4-10-14/h3,5-9,14H,2,4,10H2,1H3/b5-3-. The molecule has 0 bridgehead atoms. The molecule has 0 amide bonds. The number of aliphatic hydroxyl groups excluding tert-OH is 1. The predicted molar refractivity (Wildman–Crippen MR) is 61.8 cm³/mol. The highest BCUT2D eigenvalue weighted by Crippen LogP contribution is 2.07. The zero-order valence-electron chi connectivity index (χ0n) is 8.94. The molecule has 0 heterocycles. The van der Waals surface area contributed by atoms with Crippen molar-refractivity contribution in [2.24, 2.45) is 0 Å². The van der Waals surface area contributed by atoms with Crippen molar-refractivity contribution in [1.29, 1.82) is 0 Å². The number of hydrogen-bond donors (Lipinski definition) is 1. The molecule has 0 aliphatic rings. The molecule has 0 saturated heterocycles. The molecule has 0 atom stereocenters. The van der Waals surface area contributed by atoms with E-state index in [1.807, 2.05) is 36.4 Å². The lowest BCUT2D eigenvalue weighted by Crippen LogP contribution is -1.90. The molecule has 15 heavy (non-hydrogen) atoms. The van der Waals surface area contributed by atoms with Crippen LogP contribution < -0.4 is 0 Å². The van der Waals surface area contributed by atoms with Gasteiger partial charge in [0.05, 0.1) is 0 Å². The highest BCUT2D eigenvalue weighted by molar-refractivity contribution is 5.94. The minimum Gasteiger partial charge on any atom is -0.396 e. The topological polar surface area (TPSA) is 37.3 Å². The minimum absolute atomic E-state index is 0.0887. The summed E-state index contributed by atoms with van der Waals surface area (Å²) in [6, 6.07) is 7.50. The van der Waals surface area contributed by atoms with Crippen molar-refractivity contribution in [2.75, 3.05) is 6.61 Å². The van der Waals surface area contributed by atoms with E-state index in [1.54, 1.807) is 6.92 Å². The maximum atomic E-state index is 11.0. The van der Waals surface area contributed by atoms with Gasteiger partial charge in [0, 0.05) is 12.2 Å². The fourth-order valence-electron chi connectivity index (χ4n) is 1.26. The molecule has 1 rings (SSSR count). The van der Waals surface area contributed by atoms with Crippen LogP contribution in [0.25, 0.3) is 6.08 Å². The molecule has 1 N–H and O–H groups in total. The fourth-order valence-corrected chi connectivity index (χ4v) is 1.26. The van der Waals surface area contributed by atoms with Gasteiger partial charge >= 0.3 is 0 Å². The molecule has 0 aliphatic heterocycles. The quantitative estimate of drug-likeness (QED) is 0.591. The molecule has 1 aromatic carbocycles. The van der Waals surface area contributed by atoms with E-state index in [0.29, 0.717) is 0 Å². The van der Waals surface area contributed by atoms with Crippen LogP contribution in [0, 0.1) is 0 Å².